The van der Waals surface area contributed by atoms with Gasteiger partial charge in [-0.05, 0) is 24.9 Å². The van der Waals surface area contributed by atoms with Crippen LogP contribution in [0, 0.1) is 6.92 Å². The maximum absolute atomic E-state index is 12.2. The lowest BCUT2D eigenvalue weighted by Gasteiger charge is -2.03. The molecule has 0 radical (unpaired) electrons. The zero-order valence-electron chi connectivity index (χ0n) is 11.3. The summed E-state index contributed by atoms with van der Waals surface area (Å²) in [4.78, 5) is 23.4. The van der Waals surface area contributed by atoms with Gasteiger partial charge in [0, 0.05) is 13.2 Å². The van der Waals surface area contributed by atoms with Crippen molar-refractivity contribution in [2.24, 2.45) is 7.05 Å². The first-order valence-corrected chi connectivity index (χ1v) is 6.74. The molecule has 0 aliphatic heterocycles. The molecule has 0 aliphatic carbocycles. The molecule has 0 saturated heterocycles. The van der Waals surface area contributed by atoms with E-state index >= 15 is 0 Å². The number of carbonyl (C=O) groups is 2. The molecule has 0 spiro atoms. The van der Waals surface area contributed by atoms with Crippen molar-refractivity contribution in [2.45, 2.75) is 20.3 Å². The molecule has 0 unspecified atom stereocenters. The van der Waals surface area contributed by atoms with Crippen LogP contribution in [-0.2, 0) is 13.5 Å². The van der Waals surface area contributed by atoms with Gasteiger partial charge in [-0.2, -0.15) is 9.47 Å². The molecule has 2 N–H and O–H groups in total. The summed E-state index contributed by atoms with van der Waals surface area (Å²) in [7, 11) is 1.73. The number of aromatic carboxylic acids is 1. The summed E-state index contributed by atoms with van der Waals surface area (Å²) in [6.45, 7) is 3.50. The topological polar surface area (TPSA) is 97.1 Å². The Bertz CT molecular complexity index is 674. The zero-order valence-corrected chi connectivity index (χ0v) is 12.1. The molecule has 1 amide bonds. The van der Waals surface area contributed by atoms with E-state index in [2.05, 4.69) is 14.8 Å². The molecule has 2 heterocycles. The molecule has 7 nitrogen and oxygen atoms in total. The number of rotatable bonds is 4. The van der Waals surface area contributed by atoms with Gasteiger partial charge in [-0.1, -0.05) is 6.92 Å². The largest absolute Gasteiger partial charge is 0.478 e. The Balaban J connectivity index is 2.30. The lowest BCUT2D eigenvalue weighted by atomic mass is 10.2. The third-order valence-corrected chi connectivity index (χ3v) is 3.64. The molecule has 106 valence electrons. The van der Waals surface area contributed by atoms with E-state index < -0.39 is 5.97 Å². The van der Waals surface area contributed by atoms with Crippen molar-refractivity contribution in [3.05, 3.63) is 28.7 Å². The van der Waals surface area contributed by atoms with E-state index in [1.165, 1.54) is 0 Å². The number of carboxylic acids is 1. The fourth-order valence-electron chi connectivity index (χ4n) is 1.86. The van der Waals surface area contributed by atoms with Crippen LogP contribution < -0.4 is 5.32 Å². The Morgan fingerprint density at radius 2 is 2.20 bits per heavy atom. The number of aryl methyl sites for hydroxylation is 3. The third kappa shape index (κ3) is 2.55. The van der Waals surface area contributed by atoms with Gasteiger partial charge < -0.3 is 10.4 Å². The van der Waals surface area contributed by atoms with Gasteiger partial charge in [0.15, 0.2) is 0 Å². The number of hydrogen-bond donors (Lipinski definition) is 2. The molecular formula is C12H14N4O3S. The van der Waals surface area contributed by atoms with E-state index in [1.54, 1.807) is 24.9 Å². The van der Waals surface area contributed by atoms with E-state index in [-0.39, 0.29) is 16.5 Å². The predicted molar refractivity (Wildman–Crippen MR) is 74.3 cm³/mol. The molecule has 2 aromatic heterocycles. The molecule has 0 aromatic carbocycles. The predicted octanol–water partition coefficient (Wildman–Crippen LogP) is 1.70. The second-order valence-electron chi connectivity index (χ2n) is 4.25. The Labute approximate surface area is 119 Å². The maximum atomic E-state index is 12.2. The average molecular weight is 294 g/mol. The minimum absolute atomic E-state index is 0.0327. The molecule has 0 aliphatic rings. The highest BCUT2D eigenvalue weighted by Crippen LogP contribution is 2.25. The van der Waals surface area contributed by atoms with Crippen molar-refractivity contribution < 1.29 is 14.7 Å². The first-order chi connectivity index (χ1) is 9.43. The minimum Gasteiger partial charge on any atom is -0.478 e. The number of carboxylic acid groups (broad SMARTS) is 1. The van der Waals surface area contributed by atoms with Crippen LogP contribution in [0.1, 0.15) is 39.0 Å². The molecular weight excluding hydrogens is 280 g/mol. The van der Waals surface area contributed by atoms with Crippen LogP contribution in [0.3, 0.4) is 0 Å². The Hall–Kier alpha value is -2.22. The fraction of sp³-hybridized carbons (Fsp3) is 0.333. The van der Waals surface area contributed by atoms with E-state index in [0.717, 1.165) is 11.5 Å². The van der Waals surface area contributed by atoms with E-state index in [1.807, 2.05) is 6.92 Å². The van der Waals surface area contributed by atoms with Crippen LogP contribution in [0.4, 0.5) is 5.00 Å². The maximum Gasteiger partial charge on any atom is 0.340 e. The van der Waals surface area contributed by atoms with Gasteiger partial charge in [0.1, 0.15) is 10.6 Å². The number of carbonyl (C=O) groups excluding carboxylic acids is 1. The Kier molecular flexibility index (Phi) is 3.84. The number of aromatic nitrogens is 3. The Morgan fingerprint density at radius 1 is 1.50 bits per heavy atom. The molecule has 2 aromatic rings. The van der Waals surface area contributed by atoms with Gasteiger partial charge in [-0.25, -0.2) is 4.79 Å². The van der Waals surface area contributed by atoms with Crippen LogP contribution in [0.15, 0.2) is 6.20 Å². The van der Waals surface area contributed by atoms with E-state index in [0.29, 0.717) is 23.4 Å². The average Bonchev–Trinajstić information content (AvgIpc) is 2.92. The lowest BCUT2D eigenvalue weighted by molar-refractivity contribution is 0.0697. The highest BCUT2D eigenvalue weighted by molar-refractivity contribution is 7.11. The molecule has 0 fully saturated rings. The van der Waals surface area contributed by atoms with Gasteiger partial charge in [0.05, 0.1) is 17.0 Å². The van der Waals surface area contributed by atoms with Crippen molar-refractivity contribution in [3.63, 3.8) is 0 Å². The van der Waals surface area contributed by atoms with Gasteiger partial charge in [0.25, 0.3) is 5.91 Å². The van der Waals surface area contributed by atoms with Crippen molar-refractivity contribution >= 4 is 28.4 Å². The highest BCUT2D eigenvalue weighted by Gasteiger charge is 2.21. The standard InChI is InChI=1S/C12H14N4O3S/c1-4-8-7(5-16(3)14-8)10(17)13-11-9(12(18)19)6(2)15-20-11/h5H,4H2,1-3H3,(H,13,17)(H,18,19). The number of anilines is 1. The van der Waals surface area contributed by atoms with Gasteiger partial charge in [-0.3, -0.25) is 9.48 Å². The molecule has 8 heteroatoms. The quantitative estimate of drug-likeness (QED) is 0.894. The summed E-state index contributed by atoms with van der Waals surface area (Å²) < 4.78 is 5.52. The number of nitrogens with one attached hydrogen (secondary N) is 1. The molecule has 2 rings (SSSR count). The van der Waals surface area contributed by atoms with Gasteiger partial charge in [-0.15, -0.1) is 0 Å². The third-order valence-electron chi connectivity index (χ3n) is 2.79. The number of amides is 1. The van der Waals surface area contributed by atoms with E-state index in [4.69, 9.17) is 5.11 Å². The smallest absolute Gasteiger partial charge is 0.340 e. The second kappa shape index (κ2) is 5.41. The number of nitrogens with zero attached hydrogens (tertiary/aromatic N) is 3. The second-order valence-corrected chi connectivity index (χ2v) is 5.02. The van der Waals surface area contributed by atoms with Crippen LogP contribution in [0.5, 0.6) is 0 Å². The van der Waals surface area contributed by atoms with Crippen molar-refractivity contribution in [2.75, 3.05) is 5.32 Å². The molecule has 0 atom stereocenters. The van der Waals surface area contributed by atoms with Gasteiger partial charge >= 0.3 is 5.97 Å². The van der Waals surface area contributed by atoms with Crippen molar-refractivity contribution in [1.29, 1.82) is 0 Å². The Morgan fingerprint density at radius 3 is 2.80 bits per heavy atom. The normalized spacial score (nSPS) is 10.6. The summed E-state index contributed by atoms with van der Waals surface area (Å²) in [5.74, 6) is -1.48. The minimum atomic E-state index is -1.10. The zero-order chi connectivity index (χ0) is 14.9. The first-order valence-electron chi connectivity index (χ1n) is 5.97. The highest BCUT2D eigenvalue weighted by atomic mass is 32.1. The van der Waals surface area contributed by atoms with E-state index in [9.17, 15) is 9.59 Å². The lowest BCUT2D eigenvalue weighted by Crippen LogP contribution is -2.14. The van der Waals surface area contributed by atoms with Crippen LogP contribution in [-0.4, -0.2) is 31.1 Å². The SMILES string of the molecule is CCc1nn(C)cc1C(=O)Nc1snc(C)c1C(=O)O. The van der Waals surface area contributed by atoms with Crippen molar-refractivity contribution in [3.8, 4) is 0 Å². The molecule has 20 heavy (non-hydrogen) atoms. The summed E-state index contributed by atoms with van der Waals surface area (Å²) in [6.07, 6.45) is 2.24. The molecule has 0 bridgehead atoms. The van der Waals surface area contributed by atoms with Crippen LogP contribution in [0.2, 0.25) is 0 Å². The summed E-state index contributed by atoms with van der Waals surface area (Å²) in [6, 6.07) is 0. The first kappa shape index (κ1) is 14.2. The van der Waals surface area contributed by atoms with Crippen LogP contribution in [0.25, 0.3) is 0 Å². The van der Waals surface area contributed by atoms with Crippen molar-refractivity contribution in [1.82, 2.24) is 14.2 Å². The monoisotopic (exact) mass is 294 g/mol. The fourth-order valence-corrected chi connectivity index (χ4v) is 2.65. The summed E-state index contributed by atoms with van der Waals surface area (Å²) >= 11 is 0.958. The summed E-state index contributed by atoms with van der Waals surface area (Å²) in [5, 5.41) is 16.1. The van der Waals surface area contributed by atoms with Gasteiger partial charge in [0.2, 0.25) is 0 Å². The molecule has 0 saturated carbocycles. The summed E-state index contributed by atoms with van der Waals surface area (Å²) in [5.41, 5.74) is 1.53. The van der Waals surface area contributed by atoms with Crippen LogP contribution >= 0.6 is 11.5 Å². The number of hydrogen-bond acceptors (Lipinski definition) is 5.